The Morgan fingerprint density at radius 3 is 2.59 bits per heavy atom. The van der Waals surface area contributed by atoms with E-state index in [1.807, 2.05) is 6.92 Å². The molecule has 1 aliphatic heterocycles. The van der Waals surface area contributed by atoms with Crippen LogP contribution in [0.4, 0.5) is 0 Å². The lowest BCUT2D eigenvalue weighted by atomic mass is 9.85. The van der Waals surface area contributed by atoms with E-state index in [1.165, 1.54) is 0 Å². The van der Waals surface area contributed by atoms with Crippen molar-refractivity contribution < 1.29 is 9.53 Å². The highest BCUT2D eigenvalue weighted by atomic mass is 79.9. The molecule has 1 aliphatic rings. The largest absolute Gasteiger partial charge is 0.378 e. The SMILES string of the molecule is CC1CC(C(=O)NC(CCBr)C(C)(C)C)CO1. The van der Waals surface area contributed by atoms with Crippen LogP contribution in [0.15, 0.2) is 0 Å². The molecule has 1 rings (SSSR count). The third kappa shape index (κ3) is 4.59. The summed E-state index contributed by atoms with van der Waals surface area (Å²) in [7, 11) is 0. The van der Waals surface area contributed by atoms with Gasteiger partial charge in [-0.25, -0.2) is 0 Å². The molecule has 0 aliphatic carbocycles. The second-order valence-electron chi connectivity index (χ2n) is 5.98. The fourth-order valence-electron chi connectivity index (χ4n) is 2.12. The first kappa shape index (κ1) is 15.0. The lowest BCUT2D eigenvalue weighted by Crippen LogP contribution is -2.46. The summed E-state index contributed by atoms with van der Waals surface area (Å²) >= 11 is 3.45. The summed E-state index contributed by atoms with van der Waals surface area (Å²) in [5.74, 6) is 0.181. The number of hydrogen-bond acceptors (Lipinski definition) is 2. The van der Waals surface area contributed by atoms with Gasteiger partial charge in [-0.15, -0.1) is 0 Å². The third-order valence-corrected chi connectivity index (χ3v) is 3.79. The van der Waals surface area contributed by atoms with Gasteiger partial charge in [-0.05, 0) is 25.2 Å². The molecule has 1 N–H and O–H groups in total. The summed E-state index contributed by atoms with van der Waals surface area (Å²) in [5.41, 5.74) is 0.0918. The molecule has 1 fully saturated rings. The van der Waals surface area contributed by atoms with Crippen molar-refractivity contribution in [2.45, 2.75) is 52.7 Å². The number of carbonyl (C=O) groups is 1. The third-order valence-electron chi connectivity index (χ3n) is 3.33. The molecule has 3 nitrogen and oxygen atoms in total. The van der Waals surface area contributed by atoms with E-state index in [0.717, 1.165) is 18.2 Å². The van der Waals surface area contributed by atoms with Crippen molar-refractivity contribution in [3.63, 3.8) is 0 Å². The Bertz CT molecular complexity index is 263. The number of hydrogen-bond donors (Lipinski definition) is 1. The van der Waals surface area contributed by atoms with Crippen molar-refractivity contribution in [2.24, 2.45) is 11.3 Å². The zero-order chi connectivity index (χ0) is 13.1. The monoisotopic (exact) mass is 305 g/mol. The Labute approximate surface area is 113 Å². The van der Waals surface area contributed by atoms with Gasteiger partial charge in [0, 0.05) is 11.4 Å². The number of amides is 1. The van der Waals surface area contributed by atoms with Crippen LogP contribution >= 0.6 is 15.9 Å². The molecule has 17 heavy (non-hydrogen) atoms. The van der Waals surface area contributed by atoms with Gasteiger partial charge in [0.25, 0.3) is 0 Å². The van der Waals surface area contributed by atoms with E-state index >= 15 is 0 Å². The number of carbonyl (C=O) groups excluding carboxylic acids is 1. The average molecular weight is 306 g/mol. The van der Waals surface area contributed by atoms with E-state index in [-0.39, 0.29) is 29.4 Å². The molecule has 0 bridgehead atoms. The summed E-state index contributed by atoms with van der Waals surface area (Å²) < 4.78 is 5.44. The fourth-order valence-corrected chi connectivity index (χ4v) is 2.58. The molecule has 0 saturated carbocycles. The van der Waals surface area contributed by atoms with Gasteiger partial charge in [-0.1, -0.05) is 36.7 Å². The van der Waals surface area contributed by atoms with Crippen LogP contribution in [0.1, 0.15) is 40.5 Å². The second-order valence-corrected chi connectivity index (χ2v) is 6.77. The summed E-state index contributed by atoms with van der Waals surface area (Å²) in [6, 6.07) is 0.213. The minimum atomic E-state index is 0.0326. The Kier molecular flexibility index (Phi) is 5.45. The zero-order valence-electron chi connectivity index (χ0n) is 11.3. The van der Waals surface area contributed by atoms with Crippen molar-refractivity contribution in [2.75, 3.05) is 11.9 Å². The maximum atomic E-state index is 12.1. The van der Waals surface area contributed by atoms with Crippen LogP contribution in [-0.4, -0.2) is 30.0 Å². The van der Waals surface area contributed by atoms with E-state index in [1.54, 1.807) is 0 Å². The van der Waals surface area contributed by atoms with Crippen molar-refractivity contribution in [1.29, 1.82) is 0 Å². The normalized spacial score (nSPS) is 26.9. The van der Waals surface area contributed by atoms with Crippen molar-refractivity contribution >= 4 is 21.8 Å². The number of rotatable bonds is 4. The van der Waals surface area contributed by atoms with Crippen LogP contribution < -0.4 is 5.32 Å². The van der Waals surface area contributed by atoms with Gasteiger partial charge in [0.2, 0.25) is 5.91 Å². The van der Waals surface area contributed by atoms with Gasteiger partial charge in [0.1, 0.15) is 0 Å². The smallest absolute Gasteiger partial charge is 0.225 e. The maximum Gasteiger partial charge on any atom is 0.225 e. The first-order valence-corrected chi connectivity index (χ1v) is 7.44. The predicted molar refractivity (Wildman–Crippen MR) is 73.3 cm³/mol. The van der Waals surface area contributed by atoms with E-state index in [4.69, 9.17) is 4.74 Å². The van der Waals surface area contributed by atoms with Crippen LogP contribution in [0, 0.1) is 11.3 Å². The average Bonchev–Trinajstić information content (AvgIpc) is 2.62. The van der Waals surface area contributed by atoms with Crippen LogP contribution in [-0.2, 0) is 9.53 Å². The van der Waals surface area contributed by atoms with E-state index in [0.29, 0.717) is 6.61 Å². The lowest BCUT2D eigenvalue weighted by molar-refractivity contribution is -0.126. The molecule has 0 aromatic rings. The molecule has 0 spiro atoms. The van der Waals surface area contributed by atoms with Crippen LogP contribution in [0.2, 0.25) is 0 Å². The predicted octanol–water partition coefficient (Wildman–Crippen LogP) is 2.73. The molecule has 1 heterocycles. The molecule has 4 heteroatoms. The Morgan fingerprint density at radius 1 is 1.53 bits per heavy atom. The molecule has 1 amide bonds. The molecule has 0 aromatic heterocycles. The summed E-state index contributed by atoms with van der Waals surface area (Å²) in [5, 5.41) is 4.08. The van der Waals surface area contributed by atoms with Crippen molar-refractivity contribution in [3.8, 4) is 0 Å². The highest BCUT2D eigenvalue weighted by molar-refractivity contribution is 9.09. The first-order chi connectivity index (χ1) is 7.84. The standard InChI is InChI=1S/C13H24BrNO2/c1-9-7-10(8-17-9)12(16)15-11(5-6-14)13(2,3)4/h9-11H,5-8H2,1-4H3,(H,15,16). The number of nitrogens with one attached hydrogen (secondary N) is 1. The highest BCUT2D eigenvalue weighted by Gasteiger charge is 2.32. The van der Waals surface area contributed by atoms with Crippen molar-refractivity contribution in [1.82, 2.24) is 5.32 Å². The minimum absolute atomic E-state index is 0.0326. The topological polar surface area (TPSA) is 38.3 Å². The highest BCUT2D eigenvalue weighted by Crippen LogP contribution is 2.24. The Hall–Kier alpha value is -0.0900. The van der Waals surface area contributed by atoms with Gasteiger partial charge in [-0.3, -0.25) is 4.79 Å². The molecule has 100 valence electrons. The molecule has 0 aromatic carbocycles. The fraction of sp³-hybridized carbons (Fsp3) is 0.923. The molecular weight excluding hydrogens is 282 g/mol. The van der Waals surface area contributed by atoms with Gasteiger partial charge >= 0.3 is 0 Å². The first-order valence-electron chi connectivity index (χ1n) is 6.32. The number of halogens is 1. The number of ether oxygens (including phenoxy) is 1. The Balaban J connectivity index is 2.52. The van der Waals surface area contributed by atoms with Crippen LogP contribution in [0.5, 0.6) is 0 Å². The molecule has 1 saturated heterocycles. The van der Waals surface area contributed by atoms with Crippen LogP contribution in [0.3, 0.4) is 0 Å². The van der Waals surface area contributed by atoms with Gasteiger partial charge in [0.05, 0.1) is 18.6 Å². The van der Waals surface area contributed by atoms with Crippen molar-refractivity contribution in [3.05, 3.63) is 0 Å². The maximum absolute atomic E-state index is 12.1. The van der Waals surface area contributed by atoms with Gasteiger partial charge in [0.15, 0.2) is 0 Å². The Morgan fingerprint density at radius 2 is 2.18 bits per heavy atom. The van der Waals surface area contributed by atoms with E-state index < -0.39 is 0 Å². The number of alkyl halides is 1. The molecule has 3 unspecified atom stereocenters. The van der Waals surface area contributed by atoms with E-state index in [9.17, 15) is 4.79 Å². The van der Waals surface area contributed by atoms with Crippen LogP contribution in [0.25, 0.3) is 0 Å². The summed E-state index contributed by atoms with van der Waals surface area (Å²) in [4.78, 5) is 12.1. The summed E-state index contributed by atoms with van der Waals surface area (Å²) in [6.07, 6.45) is 2.02. The van der Waals surface area contributed by atoms with Gasteiger partial charge < -0.3 is 10.1 Å². The lowest BCUT2D eigenvalue weighted by Gasteiger charge is -2.32. The molecule has 0 radical (unpaired) electrons. The zero-order valence-corrected chi connectivity index (χ0v) is 12.8. The minimum Gasteiger partial charge on any atom is -0.378 e. The van der Waals surface area contributed by atoms with E-state index in [2.05, 4.69) is 42.0 Å². The quantitative estimate of drug-likeness (QED) is 0.811. The second kappa shape index (κ2) is 6.19. The van der Waals surface area contributed by atoms with Gasteiger partial charge in [-0.2, -0.15) is 0 Å². The summed E-state index contributed by atoms with van der Waals surface area (Å²) in [6.45, 7) is 9.07. The molecular formula is C13H24BrNO2. The molecule has 3 atom stereocenters.